The third-order valence-electron chi connectivity index (χ3n) is 3.60. The first-order valence-electron chi connectivity index (χ1n) is 6.27. The van der Waals surface area contributed by atoms with Crippen LogP contribution in [0.15, 0.2) is 18.2 Å². The average Bonchev–Trinajstić information content (AvgIpc) is 2.27. The van der Waals surface area contributed by atoms with Crippen LogP contribution < -0.4 is 10.6 Å². The molecule has 0 amide bonds. The van der Waals surface area contributed by atoms with Crippen molar-refractivity contribution >= 4 is 17.2 Å². The Balaban J connectivity index is 2.08. The number of nitrogens with two attached hydrogens (primary N) is 1. The minimum absolute atomic E-state index is 0.0122. The zero-order chi connectivity index (χ0) is 13.3. The van der Waals surface area contributed by atoms with Crippen LogP contribution in [0.25, 0.3) is 0 Å². The molecule has 1 aromatic rings. The lowest BCUT2D eigenvalue weighted by Gasteiger charge is -2.35. The molecule has 0 aromatic heterocycles. The van der Waals surface area contributed by atoms with E-state index in [2.05, 4.69) is 4.90 Å². The van der Waals surface area contributed by atoms with Crippen molar-refractivity contribution in [2.45, 2.75) is 25.9 Å². The molecule has 4 heteroatoms. The molecule has 0 spiro atoms. The van der Waals surface area contributed by atoms with E-state index in [1.807, 2.05) is 19.2 Å². The van der Waals surface area contributed by atoms with Crippen LogP contribution in [0.5, 0.6) is 0 Å². The summed E-state index contributed by atoms with van der Waals surface area (Å²) in [5.74, 6) is 0.533. The van der Waals surface area contributed by atoms with Gasteiger partial charge in [0.1, 0.15) is 0 Å². The normalized spacial score (nSPS) is 22.4. The predicted molar refractivity (Wildman–Crippen MR) is 72.9 cm³/mol. The Kier molecular flexibility index (Phi) is 3.57. The summed E-state index contributed by atoms with van der Waals surface area (Å²) in [4.78, 5) is 13.6. The molecule has 0 unspecified atom stereocenters. The van der Waals surface area contributed by atoms with E-state index in [0.29, 0.717) is 17.2 Å². The third kappa shape index (κ3) is 2.64. The van der Waals surface area contributed by atoms with Gasteiger partial charge in [0, 0.05) is 30.5 Å². The van der Waals surface area contributed by atoms with Crippen molar-refractivity contribution in [1.82, 2.24) is 0 Å². The summed E-state index contributed by atoms with van der Waals surface area (Å²) in [5.41, 5.74) is 7.87. The third-order valence-corrected chi connectivity index (χ3v) is 3.60. The van der Waals surface area contributed by atoms with Crippen molar-refractivity contribution in [3.8, 4) is 0 Å². The number of rotatable bonds is 4. The van der Waals surface area contributed by atoms with Crippen molar-refractivity contribution in [2.75, 3.05) is 24.2 Å². The first-order valence-corrected chi connectivity index (χ1v) is 6.27. The second-order valence-electron chi connectivity index (χ2n) is 5.20. The Morgan fingerprint density at radius 3 is 2.72 bits per heavy atom. The summed E-state index contributed by atoms with van der Waals surface area (Å²) in [5, 5.41) is 9.28. The lowest BCUT2D eigenvalue weighted by molar-refractivity contribution is 0.0465. The fourth-order valence-corrected chi connectivity index (χ4v) is 2.43. The number of hydrogen-bond acceptors (Lipinski definition) is 4. The minimum Gasteiger partial charge on any atom is -0.398 e. The molecule has 0 radical (unpaired) electrons. The molecule has 18 heavy (non-hydrogen) atoms. The maximum atomic E-state index is 11.4. The van der Waals surface area contributed by atoms with Crippen molar-refractivity contribution in [3.63, 3.8) is 0 Å². The van der Waals surface area contributed by atoms with E-state index in [1.165, 1.54) is 6.92 Å². The van der Waals surface area contributed by atoms with Gasteiger partial charge in [-0.2, -0.15) is 0 Å². The molecular formula is C14H20N2O2. The van der Waals surface area contributed by atoms with Gasteiger partial charge in [-0.3, -0.25) is 4.79 Å². The molecular weight excluding hydrogens is 228 g/mol. The minimum atomic E-state index is -0.123. The highest BCUT2D eigenvalue weighted by molar-refractivity contribution is 6.00. The molecule has 0 atom stereocenters. The van der Waals surface area contributed by atoms with Crippen LogP contribution in [0, 0.1) is 5.92 Å². The van der Waals surface area contributed by atoms with Crippen LogP contribution >= 0.6 is 0 Å². The highest BCUT2D eigenvalue weighted by atomic mass is 16.3. The molecule has 3 N–H and O–H groups in total. The molecule has 1 aromatic carbocycles. The van der Waals surface area contributed by atoms with Crippen LogP contribution in [0.3, 0.4) is 0 Å². The molecule has 0 saturated heterocycles. The Hall–Kier alpha value is -1.55. The molecule has 1 fully saturated rings. The number of nitrogens with zero attached hydrogens (tertiary/aromatic N) is 1. The Bertz CT molecular complexity index is 453. The molecule has 2 rings (SSSR count). The van der Waals surface area contributed by atoms with Gasteiger partial charge in [-0.25, -0.2) is 0 Å². The number of carbonyl (C=O) groups excluding carboxylic acids is 1. The van der Waals surface area contributed by atoms with E-state index >= 15 is 0 Å². The van der Waals surface area contributed by atoms with Gasteiger partial charge in [0.2, 0.25) is 0 Å². The lowest BCUT2D eigenvalue weighted by Crippen LogP contribution is -2.37. The maximum Gasteiger partial charge on any atom is 0.161 e. The van der Waals surface area contributed by atoms with E-state index < -0.39 is 0 Å². The SMILES string of the molecule is CC(=O)c1cc(N(C)CC2CC(O)C2)ccc1N. The second kappa shape index (κ2) is 4.98. The zero-order valence-corrected chi connectivity index (χ0v) is 10.9. The van der Waals surface area contributed by atoms with E-state index in [9.17, 15) is 9.90 Å². The summed E-state index contributed by atoms with van der Waals surface area (Å²) in [7, 11) is 2.00. The highest BCUT2D eigenvalue weighted by Gasteiger charge is 2.28. The van der Waals surface area contributed by atoms with Crippen molar-refractivity contribution < 1.29 is 9.90 Å². The van der Waals surface area contributed by atoms with Crippen LogP contribution in [-0.4, -0.2) is 30.6 Å². The van der Waals surface area contributed by atoms with Gasteiger partial charge in [0.05, 0.1) is 6.10 Å². The maximum absolute atomic E-state index is 11.4. The number of aliphatic hydroxyl groups is 1. The Labute approximate surface area is 107 Å². The number of hydrogen-bond donors (Lipinski definition) is 2. The largest absolute Gasteiger partial charge is 0.398 e. The van der Waals surface area contributed by atoms with Crippen LogP contribution in [0.1, 0.15) is 30.1 Å². The number of benzene rings is 1. The molecule has 1 aliphatic rings. The van der Waals surface area contributed by atoms with E-state index in [0.717, 1.165) is 25.1 Å². The summed E-state index contributed by atoms with van der Waals surface area (Å²) in [6.07, 6.45) is 1.63. The summed E-state index contributed by atoms with van der Waals surface area (Å²) < 4.78 is 0. The van der Waals surface area contributed by atoms with Crippen molar-refractivity contribution in [3.05, 3.63) is 23.8 Å². The molecule has 0 heterocycles. The lowest BCUT2D eigenvalue weighted by atomic mass is 9.82. The average molecular weight is 248 g/mol. The monoisotopic (exact) mass is 248 g/mol. The zero-order valence-electron chi connectivity index (χ0n) is 10.9. The molecule has 0 aliphatic heterocycles. The van der Waals surface area contributed by atoms with Crippen molar-refractivity contribution in [1.29, 1.82) is 0 Å². The molecule has 0 bridgehead atoms. The fraction of sp³-hybridized carbons (Fsp3) is 0.500. The second-order valence-corrected chi connectivity index (χ2v) is 5.20. The van der Waals surface area contributed by atoms with E-state index in [-0.39, 0.29) is 11.9 Å². The molecule has 4 nitrogen and oxygen atoms in total. The summed E-state index contributed by atoms with van der Waals surface area (Å²) >= 11 is 0. The van der Waals surface area contributed by atoms with Gasteiger partial charge in [-0.05, 0) is 43.9 Å². The number of anilines is 2. The van der Waals surface area contributed by atoms with E-state index in [1.54, 1.807) is 6.07 Å². The summed E-state index contributed by atoms with van der Waals surface area (Å²) in [6, 6.07) is 5.54. The quantitative estimate of drug-likeness (QED) is 0.628. The van der Waals surface area contributed by atoms with Gasteiger partial charge in [-0.15, -0.1) is 0 Å². The summed E-state index contributed by atoms with van der Waals surface area (Å²) in [6.45, 7) is 2.43. The number of Topliss-reactive ketones (excluding diaryl/α,β-unsaturated/α-hetero) is 1. The number of ketones is 1. The molecule has 1 saturated carbocycles. The van der Waals surface area contributed by atoms with Gasteiger partial charge >= 0.3 is 0 Å². The molecule has 98 valence electrons. The number of carbonyl (C=O) groups is 1. The van der Waals surface area contributed by atoms with Gasteiger partial charge in [0.25, 0.3) is 0 Å². The standard InChI is InChI=1S/C14H20N2O2/c1-9(17)13-7-11(3-4-14(13)15)16(2)8-10-5-12(18)6-10/h3-4,7,10,12,18H,5-6,8,15H2,1-2H3. The van der Waals surface area contributed by atoms with Gasteiger partial charge < -0.3 is 15.7 Å². The first kappa shape index (κ1) is 12.9. The molecule has 1 aliphatic carbocycles. The Morgan fingerprint density at radius 1 is 1.50 bits per heavy atom. The van der Waals surface area contributed by atoms with Gasteiger partial charge in [0.15, 0.2) is 5.78 Å². The van der Waals surface area contributed by atoms with Crippen LogP contribution in [-0.2, 0) is 0 Å². The first-order chi connectivity index (χ1) is 8.47. The van der Waals surface area contributed by atoms with Crippen LogP contribution in [0.4, 0.5) is 11.4 Å². The fourth-order valence-electron chi connectivity index (χ4n) is 2.43. The van der Waals surface area contributed by atoms with Gasteiger partial charge in [-0.1, -0.05) is 0 Å². The van der Waals surface area contributed by atoms with Crippen LogP contribution in [0.2, 0.25) is 0 Å². The van der Waals surface area contributed by atoms with Crippen molar-refractivity contribution in [2.24, 2.45) is 5.92 Å². The topological polar surface area (TPSA) is 66.6 Å². The number of nitrogen functional groups attached to an aromatic ring is 1. The predicted octanol–water partition coefficient (Wildman–Crippen LogP) is 1.68. The Morgan fingerprint density at radius 2 is 2.17 bits per heavy atom. The smallest absolute Gasteiger partial charge is 0.161 e. The van der Waals surface area contributed by atoms with E-state index in [4.69, 9.17) is 5.73 Å². The number of aliphatic hydroxyl groups excluding tert-OH is 1. The highest BCUT2D eigenvalue weighted by Crippen LogP contribution is 2.29.